The van der Waals surface area contributed by atoms with Crippen molar-refractivity contribution in [2.24, 2.45) is 0 Å². The van der Waals surface area contributed by atoms with Crippen LogP contribution in [0, 0.1) is 0 Å². The summed E-state index contributed by atoms with van der Waals surface area (Å²) < 4.78 is 25.8. The van der Waals surface area contributed by atoms with Crippen molar-refractivity contribution in [3.05, 3.63) is 59.7 Å². The highest BCUT2D eigenvalue weighted by atomic mass is 32.2. The maximum atomic E-state index is 12.4. The Labute approximate surface area is 179 Å². The first kappa shape index (κ1) is 22.4. The maximum Gasteiger partial charge on any atom is 0.240 e. The lowest BCUT2D eigenvalue weighted by Crippen LogP contribution is -2.43. The summed E-state index contributed by atoms with van der Waals surface area (Å²) in [7, 11) is 0.0879. The van der Waals surface area contributed by atoms with Crippen LogP contribution in [0.25, 0.3) is 0 Å². The summed E-state index contributed by atoms with van der Waals surface area (Å²) in [6, 6.07) is 14.6. The zero-order valence-corrected chi connectivity index (χ0v) is 18.4. The summed E-state index contributed by atoms with van der Waals surface area (Å²) in [5.74, 6) is -0.0568. The second kappa shape index (κ2) is 10.2. The molecule has 1 amide bonds. The van der Waals surface area contributed by atoms with Gasteiger partial charge in [-0.3, -0.25) is 9.69 Å². The molecule has 7 nitrogen and oxygen atoms in total. The molecule has 30 heavy (non-hydrogen) atoms. The SMILES string of the molecule is CNS(=O)(=O)c1ccc(CCC(=O)Nc2cccc(CN3CCN(C)CC3)c2)cc1. The summed E-state index contributed by atoms with van der Waals surface area (Å²) in [4.78, 5) is 17.3. The highest BCUT2D eigenvalue weighted by Gasteiger charge is 2.14. The number of hydrogen-bond acceptors (Lipinski definition) is 5. The van der Waals surface area contributed by atoms with Gasteiger partial charge in [-0.15, -0.1) is 0 Å². The smallest absolute Gasteiger partial charge is 0.240 e. The Hall–Kier alpha value is -2.26. The third-order valence-corrected chi connectivity index (χ3v) is 6.79. The Bertz CT molecular complexity index is 953. The minimum atomic E-state index is -3.44. The third kappa shape index (κ3) is 6.37. The lowest BCUT2D eigenvalue weighted by Gasteiger charge is -2.32. The highest BCUT2D eigenvalue weighted by Crippen LogP contribution is 2.15. The number of nitrogens with one attached hydrogen (secondary N) is 2. The zero-order chi connectivity index (χ0) is 21.6. The van der Waals surface area contributed by atoms with Gasteiger partial charge in [-0.25, -0.2) is 13.1 Å². The average Bonchev–Trinajstić information content (AvgIpc) is 2.74. The quantitative estimate of drug-likeness (QED) is 0.669. The van der Waals surface area contributed by atoms with E-state index in [0.717, 1.165) is 44.0 Å². The van der Waals surface area contributed by atoms with E-state index in [1.165, 1.54) is 12.6 Å². The molecule has 1 heterocycles. The van der Waals surface area contributed by atoms with E-state index < -0.39 is 10.0 Å². The van der Waals surface area contributed by atoms with E-state index in [0.29, 0.717) is 12.8 Å². The number of piperazine rings is 1. The molecule has 2 aromatic carbocycles. The predicted molar refractivity (Wildman–Crippen MR) is 119 cm³/mol. The molecule has 2 aromatic rings. The summed E-state index contributed by atoms with van der Waals surface area (Å²) in [5.41, 5.74) is 2.92. The van der Waals surface area contributed by atoms with Crippen LogP contribution in [0.1, 0.15) is 17.5 Å². The fraction of sp³-hybridized carbons (Fsp3) is 0.409. The molecule has 1 fully saturated rings. The number of carbonyl (C=O) groups is 1. The fourth-order valence-electron chi connectivity index (χ4n) is 3.45. The highest BCUT2D eigenvalue weighted by molar-refractivity contribution is 7.89. The predicted octanol–water partition coefficient (Wildman–Crippen LogP) is 1.91. The van der Waals surface area contributed by atoms with Crippen LogP contribution in [0.4, 0.5) is 5.69 Å². The van der Waals surface area contributed by atoms with E-state index in [2.05, 4.69) is 33.0 Å². The number of likely N-dealkylation sites (N-methyl/N-ethyl adjacent to an activating group) is 1. The molecular formula is C22H30N4O3S. The van der Waals surface area contributed by atoms with Crippen LogP contribution in [-0.4, -0.2) is 64.4 Å². The molecule has 3 rings (SSSR count). The van der Waals surface area contributed by atoms with Gasteiger partial charge in [0, 0.05) is 44.8 Å². The van der Waals surface area contributed by atoms with E-state index in [1.54, 1.807) is 24.3 Å². The lowest BCUT2D eigenvalue weighted by molar-refractivity contribution is -0.116. The standard InChI is InChI=1S/C22H30N4O3S/c1-23-30(28,29)21-9-6-18(7-10-21)8-11-22(27)24-20-5-3-4-19(16-20)17-26-14-12-25(2)13-15-26/h3-7,9-10,16,23H,8,11-15,17H2,1-2H3,(H,24,27). The molecular weight excluding hydrogens is 400 g/mol. The van der Waals surface area contributed by atoms with Crippen LogP contribution in [0.5, 0.6) is 0 Å². The number of benzene rings is 2. The molecule has 0 unspecified atom stereocenters. The Morgan fingerprint density at radius 1 is 1.00 bits per heavy atom. The van der Waals surface area contributed by atoms with E-state index in [-0.39, 0.29) is 10.8 Å². The zero-order valence-electron chi connectivity index (χ0n) is 17.6. The lowest BCUT2D eigenvalue weighted by atomic mass is 10.1. The van der Waals surface area contributed by atoms with Crippen molar-refractivity contribution < 1.29 is 13.2 Å². The normalized spacial score (nSPS) is 15.8. The molecule has 0 saturated carbocycles. The van der Waals surface area contributed by atoms with Gasteiger partial charge in [-0.1, -0.05) is 24.3 Å². The third-order valence-electron chi connectivity index (χ3n) is 5.36. The van der Waals surface area contributed by atoms with Crippen molar-refractivity contribution in [1.29, 1.82) is 0 Å². The second-order valence-corrected chi connectivity index (χ2v) is 9.57. The van der Waals surface area contributed by atoms with Crippen LogP contribution in [0.2, 0.25) is 0 Å². The van der Waals surface area contributed by atoms with Crippen molar-refractivity contribution in [1.82, 2.24) is 14.5 Å². The van der Waals surface area contributed by atoms with E-state index in [9.17, 15) is 13.2 Å². The van der Waals surface area contributed by atoms with E-state index in [4.69, 9.17) is 0 Å². The van der Waals surface area contributed by atoms with Gasteiger partial charge in [-0.2, -0.15) is 0 Å². The van der Waals surface area contributed by atoms with Gasteiger partial charge < -0.3 is 10.2 Å². The van der Waals surface area contributed by atoms with Crippen LogP contribution >= 0.6 is 0 Å². The number of rotatable bonds is 8. The maximum absolute atomic E-state index is 12.4. The fourth-order valence-corrected chi connectivity index (χ4v) is 4.18. The molecule has 1 aliphatic heterocycles. The number of carbonyl (C=O) groups excluding carboxylic acids is 1. The molecule has 0 bridgehead atoms. The second-order valence-electron chi connectivity index (χ2n) is 7.68. The van der Waals surface area contributed by atoms with Crippen LogP contribution < -0.4 is 10.0 Å². The molecule has 0 aromatic heterocycles. The van der Waals surface area contributed by atoms with Crippen molar-refractivity contribution in [3.63, 3.8) is 0 Å². The van der Waals surface area contributed by atoms with Crippen molar-refractivity contribution in [2.75, 3.05) is 45.6 Å². The van der Waals surface area contributed by atoms with E-state index in [1.807, 2.05) is 18.2 Å². The minimum absolute atomic E-state index is 0.0568. The first-order valence-electron chi connectivity index (χ1n) is 10.2. The summed E-state index contributed by atoms with van der Waals surface area (Å²) in [6.45, 7) is 5.17. The Morgan fingerprint density at radius 3 is 2.37 bits per heavy atom. The summed E-state index contributed by atoms with van der Waals surface area (Å²) in [5, 5.41) is 2.97. The van der Waals surface area contributed by atoms with E-state index >= 15 is 0 Å². The number of aryl methyl sites for hydroxylation is 1. The molecule has 1 saturated heterocycles. The van der Waals surface area contributed by atoms with Crippen LogP contribution in [0.3, 0.4) is 0 Å². The molecule has 0 radical (unpaired) electrons. The number of nitrogens with zero attached hydrogens (tertiary/aromatic N) is 2. The van der Waals surface area contributed by atoms with Gasteiger partial charge >= 0.3 is 0 Å². The van der Waals surface area contributed by atoms with Gasteiger partial charge in [0.05, 0.1) is 4.90 Å². The van der Waals surface area contributed by atoms with Gasteiger partial charge in [0.15, 0.2) is 0 Å². The van der Waals surface area contributed by atoms with Gasteiger partial charge in [0.1, 0.15) is 0 Å². The van der Waals surface area contributed by atoms with Crippen molar-refractivity contribution in [2.45, 2.75) is 24.3 Å². The molecule has 0 spiro atoms. The van der Waals surface area contributed by atoms with Gasteiger partial charge in [0.25, 0.3) is 0 Å². The Morgan fingerprint density at radius 2 is 1.70 bits per heavy atom. The van der Waals surface area contributed by atoms with Gasteiger partial charge in [0.2, 0.25) is 15.9 Å². The van der Waals surface area contributed by atoms with Crippen molar-refractivity contribution in [3.8, 4) is 0 Å². The van der Waals surface area contributed by atoms with Crippen LogP contribution in [0.15, 0.2) is 53.4 Å². The average molecular weight is 431 g/mol. The van der Waals surface area contributed by atoms with Crippen LogP contribution in [-0.2, 0) is 27.8 Å². The Kier molecular flexibility index (Phi) is 7.60. The first-order valence-corrected chi connectivity index (χ1v) is 11.7. The Balaban J connectivity index is 1.50. The van der Waals surface area contributed by atoms with Crippen molar-refractivity contribution >= 4 is 21.6 Å². The number of anilines is 1. The summed E-state index contributed by atoms with van der Waals surface area (Å²) >= 11 is 0. The monoisotopic (exact) mass is 430 g/mol. The molecule has 1 aliphatic rings. The van der Waals surface area contributed by atoms with Gasteiger partial charge in [-0.05, 0) is 55.9 Å². The molecule has 0 atom stereocenters. The first-order chi connectivity index (χ1) is 14.4. The molecule has 0 aliphatic carbocycles. The molecule has 2 N–H and O–H groups in total. The minimum Gasteiger partial charge on any atom is -0.326 e. The number of sulfonamides is 1. The topological polar surface area (TPSA) is 81.7 Å². The number of hydrogen-bond donors (Lipinski definition) is 2. The molecule has 162 valence electrons. The largest absolute Gasteiger partial charge is 0.326 e. The molecule has 8 heteroatoms. The summed E-state index contributed by atoms with van der Waals surface area (Å²) in [6.07, 6.45) is 0.882. The number of amides is 1.